The first-order valence-electron chi connectivity index (χ1n) is 11.4. The number of hydrogen-bond donors (Lipinski definition) is 1. The molecule has 1 heterocycles. The van der Waals surface area contributed by atoms with Crippen LogP contribution in [0.2, 0.25) is 0 Å². The van der Waals surface area contributed by atoms with Crippen molar-refractivity contribution in [2.75, 3.05) is 6.61 Å². The maximum absolute atomic E-state index is 13.6. The Balaban J connectivity index is 1.89. The predicted molar refractivity (Wildman–Crippen MR) is 135 cm³/mol. The van der Waals surface area contributed by atoms with Crippen LogP contribution in [0.3, 0.4) is 0 Å². The second kappa shape index (κ2) is 11.0. The molecule has 1 unspecified atom stereocenters. The molecule has 5 heteroatoms. The minimum atomic E-state index is -0.859. The van der Waals surface area contributed by atoms with Gasteiger partial charge < -0.3 is 14.8 Å². The molecular formula is C30H25NO4. The summed E-state index contributed by atoms with van der Waals surface area (Å²) in [6.07, 6.45) is 0. The molecule has 0 spiro atoms. The highest BCUT2D eigenvalue weighted by molar-refractivity contribution is 6.05. The SMILES string of the molecule is CCOC(=O)C1=C(C)NC(c2ccccc2)=C(C(=O)Oc2ccccc2)C1C#Cc1ccccc1. The molecule has 1 aliphatic heterocycles. The van der Waals surface area contributed by atoms with Gasteiger partial charge in [-0.2, -0.15) is 0 Å². The number of ether oxygens (including phenoxy) is 2. The number of carbonyl (C=O) groups excluding carboxylic acids is 2. The number of allylic oxidation sites excluding steroid dienone is 1. The van der Waals surface area contributed by atoms with E-state index in [1.807, 2.05) is 66.7 Å². The van der Waals surface area contributed by atoms with Crippen LogP contribution < -0.4 is 10.1 Å². The van der Waals surface area contributed by atoms with Gasteiger partial charge in [-0.1, -0.05) is 78.6 Å². The molecule has 0 fully saturated rings. The number of esters is 2. The Kier molecular flexibility index (Phi) is 7.44. The average molecular weight is 464 g/mol. The van der Waals surface area contributed by atoms with Crippen LogP contribution in [-0.2, 0) is 14.3 Å². The molecule has 0 aromatic heterocycles. The molecule has 4 rings (SSSR count). The van der Waals surface area contributed by atoms with Gasteiger partial charge >= 0.3 is 11.9 Å². The first kappa shape index (κ1) is 23.6. The Hall–Kier alpha value is -4.56. The second-order valence-electron chi connectivity index (χ2n) is 7.81. The average Bonchev–Trinajstić information content (AvgIpc) is 2.88. The van der Waals surface area contributed by atoms with Gasteiger partial charge in [-0.15, -0.1) is 0 Å². The minimum absolute atomic E-state index is 0.202. The van der Waals surface area contributed by atoms with Gasteiger partial charge in [0.1, 0.15) is 5.75 Å². The summed E-state index contributed by atoms with van der Waals surface area (Å²) in [6, 6.07) is 27.7. The molecule has 35 heavy (non-hydrogen) atoms. The summed E-state index contributed by atoms with van der Waals surface area (Å²) in [5, 5.41) is 3.26. The maximum atomic E-state index is 13.6. The minimum Gasteiger partial charge on any atom is -0.463 e. The number of benzene rings is 3. The molecule has 0 aliphatic carbocycles. The van der Waals surface area contributed by atoms with Crippen LogP contribution in [0.25, 0.3) is 5.70 Å². The lowest BCUT2D eigenvalue weighted by Crippen LogP contribution is -2.34. The van der Waals surface area contributed by atoms with Gasteiger partial charge in [-0.05, 0) is 43.7 Å². The van der Waals surface area contributed by atoms with Gasteiger partial charge in [0.05, 0.1) is 29.4 Å². The Morgan fingerprint density at radius 1 is 0.829 bits per heavy atom. The van der Waals surface area contributed by atoms with Crippen LogP contribution in [0.5, 0.6) is 5.75 Å². The number of hydrogen-bond acceptors (Lipinski definition) is 5. The van der Waals surface area contributed by atoms with Gasteiger partial charge in [0.25, 0.3) is 0 Å². The monoisotopic (exact) mass is 463 g/mol. The van der Waals surface area contributed by atoms with Crippen LogP contribution in [0, 0.1) is 17.8 Å². The van der Waals surface area contributed by atoms with E-state index in [1.54, 1.807) is 38.1 Å². The molecule has 3 aromatic rings. The fourth-order valence-electron chi connectivity index (χ4n) is 3.83. The molecule has 0 saturated carbocycles. The molecule has 0 radical (unpaired) electrons. The lowest BCUT2D eigenvalue weighted by molar-refractivity contribution is -0.139. The Labute approximate surface area is 205 Å². The lowest BCUT2D eigenvalue weighted by atomic mass is 9.84. The maximum Gasteiger partial charge on any atom is 0.343 e. The van der Waals surface area contributed by atoms with E-state index in [1.165, 1.54) is 0 Å². The summed E-state index contributed by atoms with van der Waals surface area (Å²) in [5.74, 6) is 4.71. The molecule has 174 valence electrons. The summed E-state index contributed by atoms with van der Waals surface area (Å²) in [4.78, 5) is 26.7. The zero-order valence-corrected chi connectivity index (χ0v) is 19.6. The standard InChI is InChI=1S/C30H25NO4/c1-3-34-29(32)26-21(2)31-28(23-15-9-5-10-16-23)27(30(33)35-24-17-11-6-12-18-24)25(26)20-19-22-13-7-4-8-14-22/h4-18,25,31H,3H2,1-2H3. The second-order valence-corrected chi connectivity index (χ2v) is 7.81. The van der Waals surface area contributed by atoms with Crippen LogP contribution >= 0.6 is 0 Å². The molecule has 3 aromatic carbocycles. The summed E-state index contributed by atoms with van der Waals surface area (Å²) in [6.45, 7) is 3.73. The summed E-state index contributed by atoms with van der Waals surface area (Å²) in [5.41, 5.74) is 3.20. The van der Waals surface area contributed by atoms with E-state index in [0.717, 1.165) is 11.1 Å². The zero-order valence-electron chi connectivity index (χ0n) is 19.6. The first-order chi connectivity index (χ1) is 17.1. The van der Waals surface area contributed by atoms with Crippen molar-refractivity contribution in [1.29, 1.82) is 0 Å². The Morgan fingerprint density at radius 3 is 2.06 bits per heavy atom. The van der Waals surface area contributed by atoms with E-state index in [2.05, 4.69) is 17.2 Å². The third-order valence-electron chi connectivity index (χ3n) is 5.43. The van der Waals surface area contributed by atoms with Crippen molar-refractivity contribution in [3.05, 3.63) is 119 Å². The van der Waals surface area contributed by atoms with Gasteiger partial charge in [-0.25, -0.2) is 9.59 Å². The molecule has 0 amide bonds. The summed E-state index contributed by atoms with van der Waals surface area (Å²) < 4.78 is 11.1. The van der Waals surface area contributed by atoms with Gasteiger partial charge in [0.2, 0.25) is 0 Å². The van der Waals surface area contributed by atoms with Gasteiger partial charge in [0, 0.05) is 11.3 Å². The van der Waals surface area contributed by atoms with Gasteiger partial charge in [0.15, 0.2) is 0 Å². The topological polar surface area (TPSA) is 64.6 Å². The molecule has 0 bridgehead atoms. The van der Waals surface area contributed by atoms with E-state index in [9.17, 15) is 9.59 Å². The van der Waals surface area contributed by atoms with Crippen molar-refractivity contribution < 1.29 is 19.1 Å². The first-order valence-corrected chi connectivity index (χ1v) is 11.4. The van der Waals surface area contributed by atoms with Crippen LogP contribution in [0.15, 0.2) is 108 Å². The predicted octanol–water partition coefficient (Wildman–Crippen LogP) is 5.11. The smallest absolute Gasteiger partial charge is 0.343 e. The van der Waals surface area contributed by atoms with E-state index >= 15 is 0 Å². The fraction of sp³-hybridized carbons (Fsp3) is 0.133. The fourth-order valence-corrected chi connectivity index (χ4v) is 3.83. The van der Waals surface area contributed by atoms with Crippen molar-refractivity contribution in [2.45, 2.75) is 13.8 Å². The quantitative estimate of drug-likeness (QED) is 0.324. The van der Waals surface area contributed by atoms with E-state index in [0.29, 0.717) is 17.1 Å². The van der Waals surface area contributed by atoms with Crippen molar-refractivity contribution in [3.63, 3.8) is 0 Å². The molecule has 1 aliphatic rings. The Bertz CT molecular complexity index is 1330. The van der Waals surface area contributed by atoms with Crippen LogP contribution in [0.1, 0.15) is 25.0 Å². The lowest BCUT2D eigenvalue weighted by Gasteiger charge is -2.28. The third kappa shape index (κ3) is 5.51. The van der Waals surface area contributed by atoms with Gasteiger partial charge in [-0.3, -0.25) is 0 Å². The van der Waals surface area contributed by atoms with Crippen LogP contribution in [0.4, 0.5) is 0 Å². The highest BCUT2D eigenvalue weighted by Gasteiger charge is 2.37. The molecule has 5 nitrogen and oxygen atoms in total. The van der Waals surface area contributed by atoms with Crippen molar-refractivity contribution in [1.82, 2.24) is 5.32 Å². The Morgan fingerprint density at radius 2 is 1.43 bits per heavy atom. The molecule has 1 N–H and O–H groups in total. The third-order valence-corrected chi connectivity index (χ3v) is 5.43. The van der Waals surface area contributed by atoms with Crippen LogP contribution in [-0.4, -0.2) is 18.5 Å². The zero-order chi connectivity index (χ0) is 24.6. The van der Waals surface area contributed by atoms with Crippen molar-refractivity contribution in [2.24, 2.45) is 5.92 Å². The summed E-state index contributed by atoms with van der Waals surface area (Å²) in [7, 11) is 0. The number of carbonyl (C=O) groups is 2. The van der Waals surface area contributed by atoms with Crippen molar-refractivity contribution in [3.8, 4) is 17.6 Å². The molecule has 0 saturated heterocycles. The number of rotatable bonds is 5. The van der Waals surface area contributed by atoms with E-state index in [4.69, 9.17) is 9.47 Å². The largest absolute Gasteiger partial charge is 0.463 e. The number of dihydropyridines is 1. The molecule has 1 atom stereocenters. The molecular weight excluding hydrogens is 438 g/mol. The van der Waals surface area contributed by atoms with Crippen molar-refractivity contribution >= 4 is 17.6 Å². The normalized spacial score (nSPS) is 15.0. The number of nitrogens with one attached hydrogen (secondary N) is 1. The highest BCUT2D eigenvalue weighted by atomic mass is 16.5. The highest BCUT2D eigenvalue weighted by Crippen LogP contribution is 2.35. The summed E-state index contributed by atoms with van der Waals surface area (Å²) >= 11 is 0. The van der Waals surface area contributed by atoms with E-state index < -0.39 is 17.9 Å². The van der Waals surface area contributed by atoms with E-state index in [-0.39, 0.29) is 17.8 Å². The number of para-hydroxylation sites is 1.